The molecular weight excluding hydrogens is 178 g/mol. The average molecular weight is 191 g/mol. The van der Waals surface area contributed by atoms with E-state index in [4.69, 9.17) is 0 Å². The minimum atomic E-state index is 0.676. The highest BCUT2D eigenvalue weighted by molar-refractivity contribution is 5.45. The molecule has 0 aliphatic carbocycles. The van der Waals surface area contributed by atoms with Crippen LogP contribution in [0.4, 0.5) is 5.82 Å². The number of anilines is 1. The molecule has 1 unspecified atom stereocenters. The van der Waals surface area contributed by atoms with Gasteiger partial charge in [-0.25, -0.2) is 0 Å². The van der Waals surface area contributed by atoms with Gasteiger partial charge in [-0.1, -0.05) is 0 Å². The van der Waals surface area contributed by atoms with Crippen LogP contribution >= 0.6 is 0 Å². The number of aryl methyl sites for hydroxylation is 1. The molecule has 0 N–H and O–H groups in total. The molecule has 0 spiro atoms. The second kappa shape index (κ2) is 3.15. The zero-order chi connectivity index (χ0) is 9.38. The molecule has 0 radical (unpaired) electrons. The largest absolute Gasteiger partial charge is 0.351 e. The average Bonchev–Trinajstić information content (AvgIpc) is 2.29. The molecule has 3 heterocycles. The Labute approximate surface area is 82.5 Å². The molecule has 3 rings (SSSR count). The summed E-state index contributed by atoms with van der Waals surface area (Å²) in [5.41, 5.74) is 1.03. The van der Waals surface area contributed by atoms with Gasteiger partial charge in [-0.2, -0.15) is 0 Å². The van der Waals surface area contributed by atoms with Gasteiger partial charge in [0.25, 0.3) is 0 Å². The molecule has 1 saturated heterocycles. The maximum Gasteiger partial charge on any atom is 0.177 e. The lowest BCUT2D eigenvalue weighted by atomic mass is 9.94. The van der Waals surface area contributed by atoms with Crippen molar-refractivity contribution in [1.29, 1.82) is 0 Å². The maximum absolute atomic E-state index is 4.11. The third-order valence-electron chi connectivity index (χ3n) is 3.22. The first-order valence-corrected chi connectivity index (χ1v) is 5.27. The van der Waals surface area contributed by atoms with E-state index in [9.17, 15) is 0 Å². The lowest BCUT2D eigenvalue weighted by Crippen LogP contribution is -2.44. The highest BCUT2D eigenvalue weighted by Crippen LogP contribution is 2.31. The van der Waals surface area contributed by atoms with Crippen LogP contribution in [-0.2, 0) is 6.42 Å². The lowest BCUT2D eigenvalue weighted by molar-refractivity contribution is 0.410. The summed E-state index contributed by atoms with van der Waals surface area (Å²) in [6.07, 6.45) is 6.12. The van der Waals surface area contributed by atoms with Crippen LogP contribution in [-0.4, -0.2) is 33.2 Å². The Balaban J connectivity index is 1.99. The smallest absolute Gasteiger partial charge is 0.177 e. The van der Waals surface area contributed by atoms with Crippen LogP contribution in [0.1, 0.15) is 31.4 Å². The molecule has 1 fully saturated rings. The van der Waals surface area contributed by atoms with Crippen molar-refractivity contribution >= 4 is 5.82 Å². The highest BCUT2D eigenvalue weighted by atomic mass is 15.5. The number of fused-ring (bicyclic) bond motifs is 3. The zero-order valence-electron chi connectivity index (χ0n) is 8.06. The molecule has 1 atom stereocenters. The summed E-state index contributed by atoms with van der Waals surface area (Å²) in [7, 11) is 0. The van der Waals surface area contributed by atoms with Crippen LogP contribution in [0.2, 0.25) is 0 Å². The number of nitrogens with zero attached hydrogens (tertiary/aromatic N) is 5. The van der Waals surface area contributed by atoms with Crippen molar-refractivity contribution in [3.8, 4) is 0 Å². The van der Waals surface area contributed by atoms with E-state index < -0.39 is 0 Å². The predicted molar refractivity (Wildman–Crippen MR) is 50.9 cm³/mol. The lowest BCUT2D eigenvalue weighted by Gasteiger charge is -2.39. The zero-order valence-corrected chi connectivity index (χ0v) is 8.06. The molecular formula is C9H13N5. The van der Waals surface area contributed by atoms with Crippen LogP contribution in [0.3, 0.4) is 0 Å². The van der Waals surface area contributed by atoms with Gasteiger partial charge in [0, 0.05) is 12.6 Å². The minimum Gasteiger partial charge on any atom is -0.351 e. The van der Waals surface area contributed by atoms with Crippen molar-refractivity contribution in [3.05, 3.63) is 5.69 Å². The Bertz CT molecular complexity index is 340. The molecule has 2 aliphatic rings. The van der Waals surface area contributed by atoms with Crippen LogP contribution in [0.25, 0.3) is 0 Å². The van der Waals surface area contributed by atoms with E-state index in [0.717, 1.165) is 24.5 Å². The summed E-state index contributed by atoms with van der Waals surface area (Å²) >= 11 is 0. The van der Waals surface area contributed by atoms with E-state index >= 15 is 0 Å². The molecule has 5 heteroatoms. The minimum absolute atomic E-state index is 0.676. The monoisotopic (exact) mass is 191 g/mol. The molecule has 1 aromatic heterocycles. The number of piperidine rings is 1. The van der Waals surface area contributed by atoms with Gasteiger partial charge in [-0.15, -0.1) is 10.2 Å². The second-order valence-corrected chi connectivity index (χ2v) is 4.03. The highest BCUT2D eigenvalue weighted by Gasteiger charge is 2.30. The quantitative estimate of drug-likeness (QED) is 0.600. The summed E-state index contributed by atoms with van der Waals surface area (Å²) in [6, 6.07) is 0.676. The topological polar surface area (TPSA) is 54.8 Å². The molecule has 0 bridgehead atoms. The fourth-order valence-electron chi connectivity index (χ4n) is 2.51. The van der Waals surface area contributed by atoms with Crippen molar-refractivity contribution in [3.63, 3.8) is 0 Å². The summed E-state index contributed by atoms with van der Waals surface area (Å²) in [4.78, 5) is 2.37. The molecule has 1 aromatic rings. The fourth-order valence-corrected chi connectivity index (χ4v) is 2.51. The van der Waals surface area contributed by atoms with E-state index in [0.29, 0.717) is 6.04 Å². The third kappa shape index (κ3) is 1.15. The Morgan fingerprint density at radius 2 is 2.00 bits per heavy atom. The molecule has 2 aliphatic heterocycles. The predicted octanol–water partition coefficient (Wildman–Crippen LogP) is 0.572. The van der Waals surface area contributed by atoms with Gasteiger partial charge in [0.2, 0.25) is 0 Å². The summed E-state index contributed by atoms with van der Waals surface area (Å²) in [6.45, 7) is 1.11. The van der Waals surface area contributed by atoms with Crippen LogP contribution in [0.15, 0.2) is 0 Å². The molecule has 0 aromatic carbocycles. The van der Waals surface area contributed by atoms with Gasteiger partial charge in [0.15, 0.2) is 5.82 Å². The van der Waals surface area contributed by atoms with E-state index in [-0.39, 0.29) is 0 Å². The van der Waals surface area contributed by atoms with Crippen molar-refractivity contribution in [2.75, 3.05) is 11.4 Å². The number of hydrogen-bond donors (Lipinski definition) is 0. The van der Waals surface area contributed by atoms with Gasteiger partial charge in [0.1, 0.15) is 5.69 Å². The van der Waals surface area contributed by atoms with Gasteiger partial charge >= 0.3 is 0 Å². The molecule has 5 nitrogen and oxygen atoms in total. The van der Waals surface area contributed by atoms with E-state index in [1.165, 1.54) is 25.7 Å². The van der Waals surface area contributed by atoms with E-state index in [1.807, 2.05) is 0 Å². The second-order valence-electron chi connectivity index (χ2n) is 4.03. The van der Waals surface area contributed by atoms with Crippen molar-refractivity contribution in [1.82, 2.24) is 20.6 Å². The number of hydrogen-bond acceptors (Lipinski definition) is 5. The third-order valence-corrected chi connectivity index (χ3v) is 3.22. The molecule has 14 heavy (non-hydrogen) atoms. The van der Waals surface area contributed by atoms with Gasteiger partial charge in [0.05, 0.1) is 0 Å². The molecule has 0 saturated carbocycles. The fraction of sp³-hybridized carbons (Fsp3) is 0.778. The summed E-state index contributed by atoms with van der Waals surface area (Å²) in [5, 5.41) is 15.4. The van der Waals surface area contributed by atoms with E-state index in [1.54, 1.807) is 0 Å². The number of rotatable bonds is 0. The first-order valence-electron chi connectivity index (χ1n) is 5.27. The Morgan fingerprint density at radius 3 is 3.00 bits per heavy atom. The summed E-state index contributed by atoms with van der Waals surface area (Å²) < 4.78 is 0. The van der Waals surface area contributed by atoms with Crippen LogP contribution < -0.4 is 4.90 Å². The summed E-state index contributed by atoms with van der Waals surface area (Å²) in [5.74, 6) is 0.982. The van der Waals surface area contributed by atoms with Crippen molar-refractivity contribution in [2.24, 2.45) is 0 Å². The normalized spacial score (nSPS) is 25.4. The van der Waals surface area contributed by atoms with Gasteiger partial charge in [-0.3, -0.25) is 0 Å². The standard InChI is InChI=1S/C9H13N5/c1-2-6-14-7(3-1)4-5-8-9(14)11-13-12-10-8/h7H,1-6H2. The first-order chi connectivity index (χ1) is 6.95. The van der Waals surface area contributed by atoms with Crippen molar-refractivity contribution in [2.45, 2.75) is 38.1 Å². The molecule has 0 amide bonds. The molecule has 74 valence electrons. The Kier molecular flexibility index (Phi) is 1.82. The van der Waals surface area contributed by atoms with Crippen molar-refractivity contribution < 1.29 is 0 Å². The van der Waals surface area contributed by atoms with Crippen LogP contribution in [0.5, 0.6) is 0 Å². The first kappa shape index (κ1) is 8.08. The van der Waals surface area contributed by atoms with Gasteiger partial charge in [-0.05, 0) is 42.5 Å². The van der Waals surface area contributed by atoms with Gasteiger partial charge < -0.3 is 4.90 Å². The van der Waals surface area contributed by atoms with Crippen LogP contribution in [0, 0.1) is 0 Å². The Morgan fingerprint density at radius 1 is 1.07 bits per heavy atom. The Hall–Kier alpha value is -1.26. The SMILES string of the molecule is C1CCN2c3nnnnc3CCC2C1. The van der Waals surface area contributed by atoms with E-state index in [2.05, 4.69) is 25.5 Å². The number of aromatic nitrogens is 4. The maximum atomic E-state index is 4.11.